The summed E-state index contributed by atoms with van der Waals surface area (Å²) in [5.41, 5.74) is 5.22. The Labute approximate surface area is 137 Å². The van der Waals surface area contributed by atoms with Crippen molar-refractivity contribution in [2.45, 2.75) is 52.9 Å². The predicted octanol–water partition coefficient (Wildman–Crippen LogP) is 4.08. The summed E-state index contributed by atoms with van der Waals surface area (Å²) in [5, 5.41) is 4.46. The maximum absolute atomic E-state index is 12.9. The second-order valence-electron chi connectivity index (χ2n) is 7.71. The number of aryl methyl sites for hydroxylation is 1. The number of rotatable bonds is 4. The van der Waals surface area contributed by atoms with E-state index in [4.69, 9.17) is 0 Å². The molecule has 2 saturated carbocycles. The first kappa shape index (κ1) is 16.2. The van der Waals surface area contributed by atoms with Gasteiger partial charge >= 0.3 is 0 Å². The third-order valence-corrected chi connectivity index (χ3v) is 6.38. The van der Waals surface area contributed by atoms with E-state index in [0.717, 1.165) is 24.1 Å². The Bertz CT molecular complexity index is 635. The molecule has 2 fully saturated rings. The van der Waals surface area contributed by atoms with Crippen LogP contribution in [-0.2, 0) is 11.2 Å². The van der Waals surface area contributed by atoms with Gasteiger partial charge in [-0.3, -0.25) is 4.79 Å². The Balaban J connectivity index is 1.56. The first-order valence-corrected chi connectivity index (χ1v) is 8.43. The second-order valence-corrected chi connectivity index (χ2v) is 7.71. The molecule has 2 aliphatic carbocycles. The van der Waals surface area contributed by atoms with Gasteiger partial charge in [0.05, 0.1) is 0 Å². The van der Waals surface area contributed by atoms with Crippen LogP contribution in [-0.4, -0.2) is 11.6 Å². The van der Waals surface area contributed by atoms with Crippen molar-refractivity contribution in [3.63, 3.8) is 0 Å². The van der Waals surface area contributed by atoms with Crippen LogP contribution in [0.1, 0.15) is 52.0 Å². The minimum Gasteiger partial charge on any atom is -0.273 e. The van der Waals surface area contributed by atoms with Crippen LogP contribution in [0.2, 0.25) is 0 Å². The van der Waals surface area contributed by atoms with Crippen molar-refractivity contribution in [1.82, 2.24) is 5.43 Å². The monoisotopic (exact) mass is 316 g/mol. The lowest BCUT2D eigenvalue weighted by Crippen LogP contribution is -2.34. The molecule has 2 atom stereocenters. The molecule has 0 unspecified atom stereocenters. The van der Waals surface area contributed by atoms with Crippen LogP contribution in [0.25, 0.3) is 0 Å². The van der Waals surface area contributed by atoms with Crippen molar-refractivity contribution in [1.29, 1.82) is 0 Å². The zero-order valence-corrected chi connectivity index (χ0v) is 14.2. The SMILES string of the molecule is CC1(C)[C@@H]2CC[C@]1(C)/C(=N/NC(=O)CCc1ccc(F)cc1)C2. The van der Waals surface area contributed by atoms with Crippen molar-refractivity contribution in [3.8, 4) is 0 Å². The molecular formula is C19H25FN2O. The smallest absolute Gasteiger partial charge is 0.240 e. The van der Waals surface area contributed by atoms with Gasteiger partial charge in [0.1, 0.15) is 5.82 Å². The van der Waals surface area contributed by atoms with E-state index in [-0.39, 0.29) is 22.6 Å². The number of hydrogen-bond acceptors (Lipinski definition) is 2. The van der Waals surface area contributed by atoms with E-state index in [2.05, 4.69) is 31.3 Å². The molecule has 1 N–H and O–H groups in total. The number of nitrogens with one attached hydrogen (secondary N) is 1. The molecule has 0 saturated heterocycles. The Kier molecular flexibility index (Phi) is 4.03. The van der Waals surface area contributed by atoms with Gasteiger partial charge in [0.15, 0.2) is 0 Å². The molecule has 124 valence electrons. The average Bonchev–Trinajstić information content (AvgIpc) is 2.85. The van der Waals surface area contributed by atoms with E-state index in [9.17, 15) is 9.18 Å². The summed E-state index contributed by atoms with van der Waals surface area (Å²) in [5.74, 6) is 0.352. The van der Waals surface area contributed by atoms with Gasteiger partial charge in [-0.05, 0) is 54.7 Å². The van der Waals surface area contributed by atoms with Crippen molar-refractivity contribution in [3.05, 3.63) is 35.6 Å². The predicted molar refractivity (Wildman–Crippen MR) is 89.5 cm³/mol. The van der Waals surface area contributed by atoms with Gasteiger partial charge in [0, 0.05) is 17.5 Å². The quantitative estimate of drug-likeness (QED) is 0.836. The van der Waals surface area contributed by atoms with Crippen molar-refractivity contribution >= 4 is 11.6 Å². The molecular weight excluding hydrogens is 291 g/mol. The molecule has 4 heteroatoms. The fourth-order valence-electron chi connectivity index (χ4n) is 4.19. The van der Waals surface area contributed by atoms with E-state index in [1.165, 1.54) is 18.6 Å². The van der Waals surface area contributed by atoms with Gasteiger partial charge in [-0.2, -0.15) is 5.10 Å². The van der Waals surface area contributed by atoms with E-state index < -0.39 is 0 Å². The first-order valence-electron chi connectivity index (χ1n) is 8.43. The zero-order chi connectivity index (χ0) is 16.7. The van der Waals surface area contributed by atoms with Gasteiger partial charge < -0.3 is 0 Å². The molecule has 1 aromatic carbocycles. The van der Waals surface area contributed by atoms with Gasteiger partial charge in [-0.25, -0.2) is 9.82 Å². The summed E-state index contributed by atoms with van der Waals surface area (Å²) in [7, 11) is 0. The number of nitrogens with zero attached hydrogens (tertiary/aromatic N) is 1. The van der Waals surface area contributed by atoms with E-state index in [1.807, 2.05) is 0 Å². The second kappa shape index (κ2) is 5.73. The van der Waals surface area contributed by atoms with Crippen molar-refractivity contribution in [2.75, 3.05) is 0 Å². The molecule has 3 nitrogen and oxygen atoms in total. The molecule has 1 aromatic rings. The highest BCUT2D eigenvalue weighted by Gasteiger charge is 2.59. The average molecular weight is 316 g/mol. The minimum atomic E-state index is -0.253. The molecule has 0 spiro atoms. The third-order valence-electron chi connectivity index (χ3n) is 6.38. The number of fused-ring (bicyclic) bond motifs is 2. The lowest BCUT2D eigenvalue weighted by atomic mass is 9.70. The Morgan fingerprint density at radius 1 is 1.30 bits per heavy atom. The summed E-state index contributed by atoms with van der Waals surface area (Å²) in [6.45, 7) is 6.93. The van der Waals surface area contributed by atoms with Crippen molar-refractivity contribution < 1.29 is 9.18 Å². The Hall–Kier alpha value is -1.71. The topological polar surface area (TPSA) is 41.5 Å². The minimum absolute atomic E-state index is 0.0778. The Morgan fingerprint density at radius 2 is 2.00 bits per heavy atom. The lowest BCUT2D eigenvalue weighted by molar-refractivity contribution is -0.121. The Morgan fingerprint density at radius 3 is 2.57 bits per heavy atom. The molecule has 0 aromatic heterocycles. The molecule has 2 bridgehead atoms. The normalized spacial score (nSPS) is 29.9. The van der Waals surface area contributed by atoms with Gasteiger partial charge in [-0.1, -0.05) is 32.9 Å². The van der Waals surface area contributed by atoms with Gasteiger partial charge in [0.25, 0.3) is 0 Å². The standard InChI is InChI=1S/C19H25FN2O/c1-18(2)14-10-11-19(18,3)16(12-14)21-22-17(23)9-6-13-4-7-15(20)8-5-13/h4-5,7-8,14H,6,9-12H2,1-3H3,(H,22,23)/b21-16+/t14-,19-/m1/s1. The lowest BCUT2D eigenvalue weighted by Gasteiger charge is -2.34. The van der Waals surface area contributed by atoms with Crippen molar-refractivity contribution in [2.24, 2.45) is 21.8 Å². The van der Waals surface area contributed by atoms with E-state index in [1.54, 1.807) is 12.1 Å². The number of carbonyl (C=O) groups is 1. The number of carbonyl (C=O) groups excluding carboxylic acids is 1. The molecule has 0 radical (unpaired) electrons. The number of hydrogen-bond donors (Lipinski definition) is 1. The third kappa shape index (κ3) is 2.79. The van der Waals surface area contributed by atoms with Gasteiger partial charge in [-0.15, -0.1) is 0 Å². The number of halogens is 1. The molecule has 2 aliphatic rings. The number of amides is 1. The zero-order valence-electron chi connectivity index (χ0n) is 14.2. The molecule has 1 amide bonds. The molecule has 0 heterocycles. The van der Waals surface area contributed by atoms with Crippen LogP contribution in [0.15, 0.2) is 29.4 Å². The highest BCUT2D eigenvalue weighted by Crippen LogP contribution is 2.63. The maximum atomic E-state index is 12.9. The molecule has 0 aliphatic heterocycles. The van der Waals surface area contributed by atoms with Crippen LogP contribution in [0, 0.1) is 22.6 Å². The number of benzene rings is 1. The fraction of sp³-hybridized carbons (Fsp3) is 0.579. The number of hydrazone groups is 1. The fourth-order valence-corrected chi connectivity index (χ4v) is 4.19. The highest BCUT2D eigenvalue weighted by molar-refractivity contribution is 5.95. The summed E-state index contributed by atoms with van der Waals surface area (Å²) >= 11 is 0. The first-order chi connectivity index (χ1) is 10.8. The van der Waals surface area contributed by atoms with Crippen LogP contribution in [0.3, 0.4) is 0 Å². The summed E-state index contributed by atoms with van der Waals surface area (Å²) in [4.78, 5) is 12.0. The van der Waals surface area contributed by atoms with Crippen LogP contribution >= 0.6 is 0 Å². The van der Waals surface area contributed by atoms with E-state index in [0.29, 0.717) is 18.8 Å². The van der Waals surface area contributed by atoms with Crippen LogP contribution in [0.5, 0.6) is 0 Å². The maximum Gasteiger partial charge on any atom is 0.240 e. The van der Waals surface area contributed by atoms with Crippen LogP contribution in [0.4, 0.5) is 4.39 Å². The van der Waals surface area contributed by atoms with Gasteiger partial charge in [0.2, 0.25) is 5.91 Å². The summed E-state index contributed by atoms with van der Waals surface area (Å²) in [6.07, 6.45) is 4.39. The summed E-state index contributed by atoms with van der Waals surface area (Å²) in [6, 6.07) is 6.28. The molecule has 23 heavy (non-hydrogen) atoms. The van der Waals surface area contributed by atoms with Crippen LogP contribution < -0.4 is 5.43 Å². The van der Waals surface area contributed by atoms with E-state index >= 15 is 0 Å². The molecule has 3 rings (SSSR count). The summed E-state index contributed by atoms with van der Waals surface area (Å²) < 4.78 is 12.9. The largest absolute Gasteiger partial charge is 0.273 e. The highest BCUT2D eigenvalue weighted by atomic mass is 19.1.